The lowest BCUT2D eigenvalue weighted by atomic mass is 10.1. The van der Waals surface area contributed by atoms with Crippen molar-refractivity contribution < 1.29 is 14.0 Å². The Balaban J connectivity index is 1.40. The zero-order valence-electron chi connectivity index (χ0n) is 17.3. The van der Waals surface area contributed by atoms with Gasteiger partial charge >= 0.3 is 0 Å². The Bertz CT molecular complexity index is 1090. The SMILES string of the molecule is CN(C)C1CCN(c2ccc(NC(=O)c3ccc(C(=O)c4cccnc4Cl)o3)cc2)C1. The molecule has 1 aliphatic rings. The minimum Gasteiger partial charge on any atom is -0.447 e. The Labute approximate surface area is 185 Å². The van der Waals surface area contributed by atoms with Gasteiger partial charge in [0.15, 0.2) is 11.5 Å². The minimum absolute atomic E-state index is 0.0277. The van der Waals surface area contributed by atoms with E-state index in [9.17, 15) is 9.59 Å². The number of carbonyl (C=O) groups excluding carboxylic acids is 2. The summed E-state index contributed by atoms with van der Waals surface area (Å²) in [5, 5.41) is 2.89. The van der Waals surface area contributed by atoms with Gasteiger partial charge in [0.1, 0.15) is 5.15 Å². The van der Waals surface area contributed by atoms with E-state index in [0.717, 1.165) is 25.2 Å². The lowest BCUT2D eigenvalue weighted by molar-refractivity contribution is 0.0979. The van der Waals surface area contributed by atoms with E-state index in [2.05, 4.69) is 34.2 Å². The maximum absolute atomic E-state index is 12.5. The first-order chi connectivity index (χ1) is 14.9. The quantitative estimate of drug-likeness (QED) is 0.463. The summed E-state index contributed by atoms with van der Waals surface area (Å²) in [7, 11) is 4.21. The van der Waals surface area contributed by atoms with Crippen molar-refractivity contribution >= 4 is 34.7 Å². The second kappa shape index (κ2) is 8.91. The molecule has 1 fully saturated rings. The molecule has 4 rings (SSSR count). The highest BCUT2D eigenvalue weighted by atomic mass is 35.5. The molecule has 0 radical (unpaired) electrons. The summed E-state index contributed by atoms with van der Waals surface area (Å²) in [5.41, 5.74) is 2.00. The number of hydrogen-bond donors (Lipinski definition) is 1. The number of aromatic nitrogens is 1. The number of likely N-dealkylation sites (N-methyl/N-ethyl adjacent to an activating group) is 1. The van der Waals surface area contributed by atoms with E-state index in [1.54, 1.807) is 12.1 Å². The number of pyridine rings is 1. The standard InChI is InChI=1S/C23H23ClN4O3/c1-27(2)17-11-13-28(14-17)16-7-5-15(6-8-16)26-23(30)20-10-9-19(31-20)21(29)18-4-3-12-25-22(18)24/h3-10,12,17H,11,13-14H2,1-2H3,(H,26,30). The van der Waals surface area contributed by atoms with E-state index in [-0.39, 0.29) is 22.2 Å². The van der Waals surface area contributed by atoms with Crippen LogP contribution in [0.1, 0.15) is 33.1 Å². The number of carbonyl (C=O) groups is 2. The van der Waals surface area contributed by atoms with Gasteiger partial charge in [-0.15, -0.1) is 0 Å². The highest BCUT2D eigenvalue weighted by Gasteiger charge is 2.24. The first kappa shape index (κ1) is 21.1. The van der Waals surface area contributed by atoms with Crippen LogP contribution in [0.2, 0.25) is 5.15 Å². The normalized spacial score (nSPS) is 16.0. The van der Waals surface area contributed by atoms with Gasteiger partial charge in [-0.1, -0.05) is 11.6 Å². The topological polar surface area (TPSA) is 78.7 Å². The second-order valence-corrected chi connectivity index (χ2v) is 8.05. The molecule has 1 saturated heterocycles. The van der Waals surface area contributed by atoms with Crippen molar-refractivity contribution in [1.82, 2.24) is 9.88 Å². The Kier molecular flexibility index (Phi) is 6.06. The summed E-state index contributed by atoms with van der Waals surface area (Å²) in [6.07, 6.45) is 2.63. The lowest BCUT2D eigenvalue weighted by Crippen LogP contribution is -2.31. The summed E-state index contributed by atoms with van der Waals surface area (Å²) in [6, 6.07) is 14.4. The molecule has 1 aromatic carbocycles. The van der Waals surface area contributed by atoms with E-state index in [1.807, 2.05) is 24.3 Å². The number of hydrogen-bond acceptors (Lipinski definition) is 6. The number of furan rings is 1. The van der Waals surface area contributed by atoms with Crippen LogP contribution in [0, 0.1) is 0 Å². The average molecular weight is 439 g/mol. The van der Waals surface area contributed by atoms with E-state index in [0.29, 0.717) is 11.7 Å². The molecule has 31 heavy (non-hydrogen) atoms. The zero-order valence-corrected chi connectivity index (χ0v) is 18.1. The average Bonchev–Trinajstić information content (AvgIpc) is 3.45. The van der Waals surface area contributed by atoms with Crippen LogP contribution >= 0.6 is 11.6 Å². The fourth-order valence-electron chi connectivity index (χ4n) is 3.62. The van der Waals surface area contributed by atoms with Crippen molar-refractivity contribution in [2.24, 2.45) is 0 Å². The molecule has 0 aliphatic carbocycles. The lowest BCUT2D eigenvalue weighted by Gasteiger charge is -2.22. The predicted molar refractivity (Wildman–Crippen MR) is 120 cm³/mol. The molecule has 8 heteroatoms. The minimum atomic E-state index is -0.432. The maximum atomic E-state index is 12.5. The highest BCUT2D eigenvalue weighted by Crippen LogP contribution is 2.24. The second-order valence-electron chi connectivity index (χ2n) is 7.69. The molecule has 160 valence electrons. The number of ketones is 1. The monoisotopic (exact) mass is 438 g/mol. The fraction of sp³-hybridized carbons (Fsp3) is 0.261. The molecule has 1 unspecified atom stereocenters. The van der Waals surface area contributed by atoms with E-state index in [4.69, 9.17) is 16.0 Å². The van der Waals surface area contributed by atoms with Crippen LogP contribution in [0.4, 0.5) is 11.4 Å². The fourth-order valence-corrected chi connectivity index (χ4v) is 3.82. The number of rotatable bonds is 6. The van der Waals surface area contributed by atoms with Crippen LogP contribution in [0.25, 0.3) is 0 Å². The summed E-state index contributed by atoms with van der Waals surface area (Å²) in [4.78, 5) is 33.6. The third-order valence-corrected chi connectivity index (χ3v) is 5.74. The summed E-state index contributed by atoms with van der Waals surface area (Å²) in [6.45, 7) is 2.00. The highest BCUT2D eigenvalue weighted by molar-refractivity contribution is 6.33. The Morgan fingerprint density at radius 2 is 1.87 bits per heavy atom. The number of nitrogens with zero attached hydrogens (tertiary/aromatic N) is 3. The number of amides is 1. The smallest absolute Gasteiger partial charge is 0.291 e. The van der Waals surface area contributed by atoms with E-state index in [1.165, 1.54) is 18.3 Å². The van der Waals surface area contributed by atoms with Gasteiger partial charge in [0.25, 0.3) is 5.91 Å². The number of benzene rings is 1. The van der Waals surface area contributed by atoms with Gasteiger partial charge in [-0.3, -0.25) is 9.59 Å². The molecule has 1 atom stereocenters. The molecular weight excluding hydrogens is 416 g/mol. The molecule has 3 heterocycles. The summed E-state index contributed by atoms with van der Waals surface area (Å²) >= 11 is 5.97. The van der Waals surface area contributed by atoms with Crippen LogP contribution < -0.4 is 10.2 Å². The van der Waals surface area contributed by atoms with Gasteiger partial charge in [-0.05, 0) is 69.0 Å². The number of nitrogens with one attached hydrogen (secondary N) is 1. The van der Waals surface area contributed by atoms with Crippen molar-refractivity contribution in [3.05, 3.63) is 77.0 Å². The Morgan fingerprint density at radius 3 is 2.55 bits per heavy atom. The summed E-state index contributed by atoms with van der Waals surface area (Å²) < 4.78 is 5.47. The van der Waals surface area contributed by atoms with Crippen molar-refractivity contribution in [3.63, 3.8) is 0 Å². The maximum Gasteiger partial charge on any atom is 0.291 e. The van der Waals surface area contributed by atoms with Crippen LogP contribution in [0.5, 0.6) is 0 Å². The van der Waals surface area contributed by atoms with Crippen LogP contribution in [0.15, 0.2) is 59.1 Å². The van der Waals surface area contributed by atoms with Gasteiger partial charge in [0, 0.05) is 36.7 Å². The van der Waals surface area contributed by atoms with Crippen molar-refractivity contribution in [1.29, 1.82) is 0 Å². The van der Waals surface area contributed by atoms with Crippen LogP contribution in [-0.2, 0) is 0 Å². The third kappa shape index (κ3) is 4.62. The van der Waals surface area contributed by atoms with Crippen LogP contribution in [0.3, 0.4) is 0 Å². The van der Waals surface area contributed by atoms with Crippen molar-refractivity contribution in [2.75, 3.05) is 37.4 Å². The molecule has 1 aliphatic heterocycles. The first-order valence-corrected chi connectivity index (χ1v) is 10.4. The molecular formula is C23H23ClN4O3. The molecule has 1 amide bonds. The summed E-state index contributed by atoms with van der Waals surface area (Å²) in [5.74, 6) is -0.790. The molecule has 0 spiro atoms. The number of halogens is 1. The third-order valence-electron chi connectivity index (χ3n) is 5.44. The largest absolute Gasteiger partial charge is 0.447 e. The number of anilines is 2. The van der Waals surface area contributed by atoms with Gasteiger partial charge < -0.3 is 19.5 Å². The van der Waals surface area contributed by atoms with Gasteiger partial charge in [0.05, 0.1) is 5.56 Å². The zero-order chi connectivity index (χ0) is 22.0. The van der Waals surface area contributed by atoms with Gasteiger partial charge in [-0.2, -0.15) is 0 Å². The van der Waals surface area contributed by atoms with Crippen LogP contribution in [-0.4, -0.2) is 54.8 Å². The molecule has 3 aromatic rings. The Morgan fingerprint density at radius 1 is 1.13 bits per heavy atom. The Hall–Kier alpha value is -3.16. The molecule has 2 aromatic heterocycles. The first-order valence-electron chi connectivity index (χ1n) is 10.00. The van der Waals surface area contributed by atoms with Gasteiger partial charge in [-0.25, -0.2) is 4.98 Å². The molecule has 1 N–H and O–H groups in total. The molecule has 0 saturated carbocycles. The predicted octanol–water partition coefficient (Wildman–Crippen LogP) is 3.95. The van der Waals surface area contributed by atoms with E-state index >= 15 is 0 Å². The molecule has 7 nitrogen and oxygen atoms in total. The van der Waals surface area contributed by atoms with E-state index < -0.39 is 11.7 Å². The molecule has 0 bridgehead atoms. The van der Waals surface area contributed by atoms with Crippen molar-refractivity contribution in [3.8, 4) is 0 Å². The van der Waals surface area contributed by atoms with Crippen molar-refractivity contribution in [2.45, 2.75) is 12.5 Å². The van der Waals surface area contributed by atoms with Gasteiger partial charge in [0.2, 0.25) is 5.78 Å².